The molecule has 2 fully saturated rings. The van der Waals surface area contributed by atoms with Crippen molar-refractivity contribution in [1.29, 1.82) is 0 Å². The molecular formula is C25H34N6O2. The second-order valence-electron chi connectivity index (χ2n) is 9.64. The van der Waals surface area contributed by atoms with Crippen molar-refractivity contribution in [2.24, 2.45) is 20.9 Å². The average Bonchev–Trinajstić information content (AvgIpc) is 3.63. The zero-order valence-electron chi connectivity index (χ0n) is 19.5. The van der Waals surface area contributed by atoms with E-state index in [0.29, 0.717) is 25.0 Å². The highest BCUT2D eigenvalue weighted by Gasteiger charge is 2.41. The number of ether oxygens (including phenoxy) is 1. The monoisotopic (exact) mass is 450 g/mol. The Hall–Kier alpha value is -2.58. The third-order valence-electron chi connectivity index (χ3n) is 6.92. The number of carbonyl (C=O) groups excluding carboxylic acids is 1. The van der Waals surface area contributed by atoms with Gasteiger partial charge in [0, 0.05) is 26.2 Å². The number of hydrogen-bond donors (Lipinski definition) is 1. The summed E-state index contributed by atoms with van der Waals surface area (Å²) in [5, 5.41) is 2.98. The van der Waals surface area contributed by atoms with Crippen LogP contribution in [0.3, 0.4) is 0 Å². The number of amides is 1. The molecule has 3 heterocycles. The largest absolute Gasteiger partial charge is 0.464 e. The molecule has 0 radical (unpaired) electrons. The zero-order valence-corrected chi connectivity index (χ0v) is 19.5. The molecule has 2 unspecified atom stereocenters. The predicted octanol–water partition coefficient (Wildman–Crippen LogP) is 2.37. The second-order valence-corrected chi connectivity index (χ2v) is 9.64. The van der Waals surface area contributed by atoms with E-state index in [2.05, 4.69) is 56.9 Å². The number of fused-ring (bicyclic) bond motifs is 2. The molecule has 1 aromatic carbocycles. The standard InChI is InChI=1S/C25H34N6O2/c1-3-4-11-33-25-28-23(26-2)22-24(29-25)31(16-21(32)27-22)14-18-7-8-20-15-30(13-17-5-6-17)10-9-19(20)12-18/h7-8,12,17,22,24H,2-6,9-11,13-16H2,1H3,(H,27,32). The lowest BCUT2D eigenvalue weighted by molar-refractivity contribution is -0.126. The van der Waals surface area contributed by atoms with E-state index in [1.807, 2.05) is 0 Å². The van der Waals surface area contributed by atoms with Crippen molar-refractivity contribution >= 4 is 24.5 Å². The van der Waals surface area contributed by atoms with Crippen LogP contribution in [0.1, 0.15) is 49.3 Å². The van der Waals surface area contributed by atoms with Crippen molar-refractivity contribution in [1.82, 2.24) is 15.1 Å². The third-order valence-corrected chi connectivity index (χ3v) is 6.92. The van der Waals surface area contributed by atoms with E-state index in [1.165, 1.54) is 36.1 Å². The molecule has 1 saturated carbocycles. The molecule has 5 rings (SSSR count). The van der Waals surface area contributed by atoms with E-state index in [1.54, 1.807) is 0 Å². The van der Waals surface area contributed by atoms with Crippen LogP contribution >= 0.6 is 0 Å². The first-order chi connectivity index (χ1) is 16.1. The van der Waals surface area contributed by atoms with Gasteiger partial charge in [-0.25, -0.2) is 9.98 Å². The van der Waals surface area contributed by atoms with Crippen molar-refractivity contribution in [2.75, 3.05) is 26.2 Å². The van der Waals surface area contributed by atoms with Crippen molar-refractivity contribution in [2.45, 2.75) is 64.3 Å². The molecule has 3 aliphatic heterocycles. The number of carbonyl (C=O) groups is 1. The van der Waals surface area contributed by atoms with E-state index in [0.717, 1.165) is 38.3 Å². The van der Waals surface area contributed by atoms with Gasteiger partial charge >= 0.3 is 6.02 Å². The quantitative estimate of drug-likeness (QED) is 0.511. The Morgan fingerprint density at radius 3 is 2.94 bits per heavy atom. The van der Waals surface area contributed by atoms with Gasteiger partial charge in [-0.3, -0.25) is 14.6 Å². The number of hydrogen-bond acceptors (Lipinski definition) is 7. The minimum absolute atomic E-state index is 0.0492. The average molecular weight is 451 g/mol. The van der Waals surface area contributed by atoms with Gasteiger partial charge in [0.2, 0.25) is 5.91 Å². The second kappa shape index (κ2) is 9.73. The lowest BCUT2D eigenvalue weighted by atomic mass is 9.96. The number of nitrogens with one attached hydrogen (secondary N) is 1. The lowest BCUT2D eigenvalue weighted by Crippen LogP contribution is -2.63. The first-order valence-electron chi connectivity index (χ1n) is 12.2. The molecule has 8 nitrogen and oxygen atoms in total. The molecule has 4 aliphatic rings. The molecule has 2 atom stereocenters. The van der Waals surface area contributed by atoms with Gasteiger partial charge in [0.1, 0.15) is 12.2 Å². The molecular weight excluding hydrogens is 416 g/mol. The van der Waals surface area contributed by atoms with Gasteiger partial charge in [0.15, 0.2) is 5.84 Å². The van der Waals surface area contributed by atoms with Gasteiger partial charge in [0.05, 0.1) is 13.2 Å². The number of aliphatic imine (C=N–C) groups is 3. The Balaban J connectivity index is 1.31. The number of unbranched alkanes of at least 4 members (excludes halogenated alkanes) is 1. The van der Waals surface area contributed by atoms with Crippen LogP contribution in [0.2, 0.25) is 0 Å². The van der Waals surface area contributed by atoms with Gasteiger partial charge < -0.3 is 10.1 Å². The summed E-state index contributed by atoms with van der Waals surface area (Å²) in [6.07, 6.45) is 5.56. The fourth-order valence-corrected chi connectivity index (χ4v) is 4.93. The molecule has 176 valence electrons. The number of amidine groups is 2. The summed E-state index contributed by atoms with van der Waals surface area (Å²) in [5.74, 6) is 1.34. The Morgan fingerprint density at radius 1 is 1.27 bits per heavy atom. The van der Waals surface area contributed by atoms with Gasteiger partial charge in [-0.05, 0) is 55.0 Å². The van der Waals surface area contributed by atoms with Crippen LogP contribution in [0.25, 0.3) is 0 Å². The summed E-state index contributed by atoms with van der Waals surface area (Å²) in [6.45, 7) is 10.7. The van der Waals surface area contributed by atoms with Crippen LogP contribution in [-0.2, 0) is 29.0 Å². The SMILES string of the molecule is C=NC1=NC(OCCCC)=NC2C1NC(=O)CN2Cc1ccc2c(c1)CCN(CC1CC1)C2. The molecule has 33 heavy (non-hydrogen) atoms. The van der Waals surface area contributed by atoms with E-state index in [-0.39, 0.29) is 18.6 Å². The molecule has 8 heteroatoms. The van der Waals surface area contributed by atoms with E-state index in [4.69, 9.17) is 9.73 Å². The minimum Gasteiger partial charge on any atom is -0.464 e. The number of piperazine rings is 1. The summed E-state index contributed by atoms with van der Waals surface area (Å²) < 4.78 is 5.78. The summed E-state index contributed by atoms with van der Waals surface area (Å²) >= 11 is 0. The van der Waals surface area contributed by atoms with Crippen LogP contribution in [0.4, 0.5) is 0 Å². The maximum atomic E-state index is 12.5. The zero-order chi connectivity index (χ0) is 22.8. The molecule has 1 aromatic rings. The first kappa shape index (κ1) is 22.2. The molecule has 1 N–H and O–H groups in total. The highest BCUT2D eigenvalue weighted by atomic mass is 16.5. The Morgan fingerprint density at radius 2 is 2.15 bits per heavy atom. The van der Waals surface area contributed by atoms with Crippen LogP contribution in [0, 0.1) is 5.92 Å². The molecule has 0 aromatic heterocycles. The summed E-state index contributed by atoms with van der Waals surface area (Å²) in [4.78, 5) is 30.4. The van der Waals surface area contributed by atoms with Gasteiger partial charge in [-0.1, -0.05) is 31.5 Å². The maximum absolute atomic E-state index is 12.5. The summed E-state index contributed by atoms with van der Waals surface area (Å²) in [5.41, 5.74) is 4.08. The number of rotatable bonds is 7. The normalized spacial score (nSPS) is 25.4. The van der Waals surface area contributed by atoms with Crippen LogP contribution < -0.4 is 5.32 Å². The summed E-state index contributed by atoms with van der Waals surface area (Å²) in [7, 11) is 0. The first-order valence-corrected chi connectivity index (χ1v) is 12.2. The van der Waals surface area contributed by atoms with Crippen molar-refractivity contribution in [3.63, 3.8) is 0 Å². The summed E-state index contributed by atoms with van der Waals surface area (Å²) in [6, 6.07) is 6.71. The van der Waals surface area contributed by atoms with E-state index >= 15 is 0 Å². The molecule has 0 spiro atoms. The fraction of sp³-hybridized carbons (Fsp3) is 0.600. The van der Waals surface area contributed by atoms with Crippen molar-refractivity contribution < 1.29 is 9.53 Å². The highest BCUT2D eigenvalue weighted by molar-refractivity contribution is 6.03. The third kappa shape index (κ3) is 5.17. The Labute approximate surface area is 195 Å². The smallest absolute Gasteiger partial charge is 0.315 e. The molecule has 0 bridgehead atoms. The molecule has 1 amide bonds. The van der Waals surface area contributed by atoms with Gasteiger partial charge in [-0.15, -0.1) is 0 Å². The topological polar surface area (TPSA) is 81.9 Å². The minimum atomic E-state index is -0.407. The fourth-order valence-electron chi connectivity index (χ4n) is 4.93. The number of benzene rings is 1. The lowest BCUT2D eigenvalue weighted by Gasteiger charge is -2.40. The molecule has 1 aliphatic carbocycles. The maximum Gasteiger partial charge on any atom is 0.315 e. The molecule has 1 saturated heterocycles. The Bertz CT molecular complexity index is 970. The van der Waals surface area contributed by atoms with Gasteiger partial charge in [0.25, 0.3) is 0 Å². The van der Waals surface area contributed by atoms with Gasteiger partial charge in [-0.2, -0.15) is 4.99 Å². The highest BCUT2D eigenvalue weighted by Crippen LogP contribution is 2.32. The predicted molar refractivity (Wildman–Crippen MR) is 130 cm³/mol. The number of nitrogens with zero attached hydrogens (tertiary/aromatic N) is 5. The van der Waals surface area contributed by atoms with E-state index < -0.39 is 6.04 Å². The van der Waals surface area contributed by atoms with Crippen LogP contribution in [0.15, 0.2) is 33.2 Å². The van der Waals surface area contributed by atoms with Crippen molar-refractivity contribution in [3.05, 3.63) is 34.9 Å². The van der Waals surface area contributed by atoms with E-state index in [9.17, 15) is 4.79 Å². The van der Waals surface area contributed by atoms with Crippen LogP contribution in [0.5, 0.6) is 0 Å². The van der Waals surface area contributed by atoms with Crippen LogP contribution in [-0.4, -0.2) is 72.7 Å². The Kier molecular flexibility index (Phi) is 6.55. The van der Waals surface area contributed by atoms with Crippen molar-refractivity contribution in [3.8, 4) is 0 Å².